The van der Waals surface area contributed by atoms with Crippen LogP contribution in [0, 0.1) is 0 Å². The second-order valence-electron chi connectivity index (χ2n) is 5.19. The first-order chi connectivity index (χ1) is 10.6. The fourth-order valence-corrected chi connectivity index (χ4v) is 2.78. The van der Waals surface area contributed by atoms with Gasteiger partial charge in [0.15, 0.2) is 11.5 Å². The van der Waals surface area contributed by atoms with Gasteiger partial charge in [-0.2, -0.15) is 9.88 Å². The Hall–Kier alpha value is -3.22. The number of aromatic hydroxyl groups is 2. The predicted molar refractivity (Wildman–Crippen MR) is 80.2 cm³/mol. The molecule has 0 radical (unpaired) electrons. The molecule has 1 aliphatic heterocycles. The molecule has 0 bridgehead atoms. The third-order valence-electron chi connectivity index (χ3n) is 3.78. The molecule has 1 aromatic heterocycles. The van der Waals surface area contributed by atoms with Crippen molar-refractivity contribution in [1.82, 2.24) is 4.98 Å². The predicted octanol–water partition coefficient (Wildman–Crippen LogP) is -0.766. The van der Waals surface area contributed by atoms with E-state index in [0.717, 1.165) is 22.5 Å². The number of imidazole rings is 1. The number of aromatic amines is 1. The molecule has 2 heterocycles. The quantitative estimate of drug-likeness (QED) is 0.262. The highest BCUT2D eigenvalue weighted by atomic mass is 16.3. The molecule has 22 heavy (non-hydrogen) atoms. The molecule has 110 valence electrons. The zero-order valence-corrected chi connectivity index (χ0v) is 11.5. The van der Waals surface area contributed by atoms with Crippen molar-refractivity contribution in [3.63, 3.8) is 0 Å². The van der Waals surface area contributed by atoms with Gasteiger partial charge in [0.25, 0.3) is 0 Å². The Labute approximate surface area is 125 Å². The lowest BCUT2D eigenvalue weighted by Crippen LogP contribution is -2.88. The van der Waals surface area contributed by atoms with Gasteiger partial charge in [-0.3, -0.25) is 5.73 Å². The normalized spacial score (nSPS) is 16.9. The van der Waals surface area contributed by atoms with Crippen LogP contribution in [0.2, 0.25) is 0 Å². The van der Waals surface area contributed by atoms with E-state index in [1.165, 1.54) is 12.1 Å². The van der Waals surface area contributed by atoms with Gasteiger partial charge in [0.1, 0.15) is 11.0 Å². The highest BCUT2D eigenvalue weighted by Gasteiger charge is 2.32. The standard InChI is InChI=1S/C15H13N5O2/c16-14-18-13(8-5-6-11(21)12(22)7-8)20-10-4-2-1-3-9(10)17-15(20)19-14/h1-7,13H,(H5,16,17,18,19,21,22)/p+2/t13-/m0/s1. The van der Waals surface area contributed by atoms with E-state index >= 15 is 0 Å². The van der Waals surface area contributed by atoms with Crippen LogP contribution >= 0.6 is 0 Å². The number of rotatable bonds is 1. The number of anilines is 1. The van der Waals surface area contributed by atoms with Gasteiger partial charge in [0, 0.05) is 5.56 Å². The second-order valence-corrected chi connectivity index (χ2v) is 5.19. The van der Waals surface area contributed by atoms with Crippen LogP contribution in [0.1, 0.15) is 11.7 Å². The summed E-state index contributed by atoms with van der Waals surface area (Å²) in [5.41, 5.74) is 8.65. The van der Waals surface area contributed by atoms with Crippen LogP contribution in [0.4, 0.5) is 5.95 Å². The zero-order chi connectivity index (χ0) is 15.3. The van der Waals surface area contributed by atoms with Gasteiger partial charge in [0.05, 0.1) is 0 Å². The molecule has 0 spiro atoms. The molecule has 1 atom stereocenters. The van der Waals surface area contributed by atoms with Crippen molar-refractivity contribution < 1.29 is 19.8 Å². The number of aromatic nitrogens is 2. The number of fused-ring (bicyclic) bond motifs is 3. The van der Waals surface area contributed by atoms with Crippen molar-refractivity contribution in [1.29, 1.82) is 0 Å². The summed E-state index contributed by atoms with van der Waals surface area (Å²) in [5.74, 6) is 0.830. The summed E-state index contributed by atoms with van der Waals surface area (Å²) in [6.07, 6.45) is -0.307. The Balaban J connectivity index is 1.96. The fourth-order valence-electron chi connectivity index (χ4n) is 2.78. The number of hydrogen-bond donors (Lipinski definition) is 6. The van der Waals surface area contributed by atoms with Crippen molar-refractivity contribution in [3.8, 4) is 11.5 Å². The number of phenolic OH excluding ortho intramolecular Hbond substituents is 2. The van der Waals surface area contributed by atoms with Crippen molar-refractivity contribution >= 4 is 22.9 Å². The molecule has 0 unspecified atom stereocenters. The maximum Gasteiger partial charge on any atom is 0.368 e. The highest BCUT2D eigenvalue weighted by Crippen LogP contribution is 2.27. The first kappa shape index (κ1) is 12.5. The maximum atomic E-state index is 9.76. The average Bonchev–Trinajstić information content (AvgIpc) is 2.87. The number of para-hydroxylation sites is 2. The third kappa shape index (κ3) is 1.76. The lowest BCUT2D eigenvalue weighted by atomic mass is 10.1. The van der Waals surface area contributed by atoms with Crippen LogP contribution in [0.15, 0.2) is 42.5 Å². The fraction of sp³-hybridized carbons (Fsp3) is 0.0667. The molecule has 0 fully saturated rings. The van der Waals surface area contributed by atoms with Gasteiger partial charge in [-0.05, 0) is 30.3 Å². The molecule has 0 saturated heterocycles. The molecule has 4 rings (SSSR count). The van der Waals surface area contributed by atoms with Gasteiger partial charge in [-0.1, -0.05) is 12.1 Å². The number of guanidine groups is 1. The Morgan fingerprint density at radius 1 is 1.09 bits per heavy atom. The summed E-state index contributed by atoms with van der Waals surface area (Å²) in [5, 5.41) is 22.3. The number of phenols is 2. The monoisotopic (exact) mass is 297 g/mol. The topological polar surface area (TPSA) is 112 Å². The largest absolute Gasteiger partial charge is 0.504 e. The number of nitrogens with zero attached hydrogens (tertiary/aromatic N) is 1. The van der Waals surface area contributed by atoms with E-state index in [9.17, 15) is 10.2 Å². The molecule has 7 heteroatoms. The number of H-pyrrole nitrogens is 1. The molecule has 0 saturated carbocycles. The lowest BCUT2D eigenvalue weighted by molar-refractivity contribution is -0.840. The summed E-state index contributed by atoms with van der Waals surface area (Å²) in [6, 6.07) is 12.6. The average molecular weight is 297 g/mol. The molecule has 0 aliphatic carbocycles. The first-order valence-corrected chi connectivity index (χ1v) is 6.83. The van der Waals surface area contributed by atoms with Crippen LogP contribution in [-0.2, 0) is 0 Å². The molecule has 2 aromatic carbocycles. The SMILES string of the molecule is NC1=[NH+][C@H](c2ccc(O)c(O)c2)[n+]2c([nH]c3ccccc32)N1. The van der Waals surface area contributed by atoms with Crippen molar-refractivity contribution in [2.45, 2.75) is 6.17 Å². The van der Waals surface area contributed by atoms with Gasteiger partial charge < -0.3 is 10.2 Å². The van der Waals surface area contributed by atoms with E-state index < -0.39 is 0 Å². The minimum Gasteiger partial charge on any atom is -0.504 e. The van der Waals surface area contributed by atoms with Crippen LogP contribution in [0.3, 0.4) is 0 Å². The summed E-state index contributed by atoms with van der Waals surface area (Å²) in [4.78, 5) is 6.42. The maximum absolute atomic E-state index is 9.76. The summed E-state index contributed by atoms with van der Waals surface area (Å²) >= 11 is 0. The lowest BCUT2D eigenvalue weighted by Gasteiger charge is -2.17. The molecular weight excluding hydrogens is 282 g/mol. The van der Waals surface area contributed by atoms with E-state index in [4.69, 9.17) is 5.73 Å². The number of nitrogens with one attached hydrogen (secondary N) is 3. The number of benzene rings is 2. The van der Waals surface area contributed by atoms with Gasteiger partial charge in [0.2, 0.25) is 6.17 Å². The van der Waals surface area contributed by atoms with Crippen molar-refractivity contribution in [2.75, 3.05) is 5.32 Å². The molecule has 1 aliphatic rings. The van der Waals surface area contributed by atoms with Crippen molar-refractivity contribution in [3.05, 3.63) is 48.0 Å². The van der Waals surface area contributed by atoms with Gasteiger partial charge >= 0.3 is 11.9 Å². The minimum atomic E-state index is -0.307. The van der Waals surface area contributed by atoms with E-state index in [-0.39, 0.29) is 17.7 Å². The van der Waals surface area contributed by atoms with Gasteiger partial charge in [-0.25, -0.2) is 9.98 Å². The molecule has 0 amide bonds. The van der Waals surface area contributed by atoms with E-state index in [1.807, 2.05) is 28.8 Å². The Bertz CT molecular complexity index is 915. The first-order valence-electron chi connectivity index (χ1n) is 6.83. The van der Waals surface area contributed by atoms with E-state index in [2.05, 4.69) is 15.3 Å². The minimum absolute atomic E-state index is 0.154. The number of nitrogens with two attached hydrogens (primary N) is 1. The number of hydrogen-bond acceptors (Lipinski definition) is 4. The molecule has 7 N–H and O–H groups in total. The smallest absolute Gasteiger partial charge is 0.368 e. The summed E-state index contributed by atoms with van der Waals surface area (Å²) < 4.78 is 2.01. The Morgan fingerprint density at radius 2 is 1.91 bits per heavy atom. The molecule has 3 aromatic rings. The Morgan fingerprint density at radius 3 is 2.73 bits per heavy atom. The Kier molecular flexibility index (Phi) is 2.50. The third-order valence-corrected chi connectivity index (χ3v) is 3.78. The van der Waals surface area contributed by atoms with Crippen LogP contribution in [-0.4, -0.2) is 21.2 Å². The second kappa shape index (κ2) is 4.39. The van der Waals surface area contributed by atoms with Crippen molar-refractivity contribution in [2.24, 2.45) is 5.73 Å². The highest BCUT2D eigenvalue weighted by molar-refractivity contribution is 5.87. The van der Waals surface area contributed by atoms with E-state index in [0.29, 0.717) is 5.96 Å². The van der Waals surface area contributed by atoms with Crippen LogP contribution in [0.25, 0.3) is 11.0 Å². The van der Waals surface area contributed by atoms with E-state index in [1.54, 1.807) is 6.07 Å². The molecular formula is C15H15N5O2+2. The van der Waals surface area contributed by atoms with Crippen LogP contribution in [0.5, 0.6) is 11.5 Å². The summed E-state index contributed by atoms with van der Waals surface area (Å²) in [7, 11) is 0. The molecule has 7 nitrogen and oxygen atoms in total. The zero-order valence-electron chi connectivity index (χ0n) is 11.5. The van der Waals surface area contributed by atoms with Gasteiger partial charge in [-0.15, -0.1) is 0 Å². The summed E-state index contributed by atoms with van der Waals surface area (Å²) in [6.45, 7) is 0. The van der Waals surface area contributed by atoms with Crippen LogP contribution < -0.4 is 20.6 Å².